The summed E-state index contributed by atoms with van der Waals surface area (Å²) < 4.78 is 75.1. The van der Waals surface area contributed by atoms with Crippen molar-refractivity contribution < 1.29 is 21.6 Å². The minimum Gasteiger partial charge on any atom is -0.363 e. The van der Waals surface area contributed by atoms with Gasteiger partial charge in [0.25, 0.3) is 11.5 Å². The monoisotopic (exact) mass is 718 g/mol. The molecule has 17 heteroatoms. The summed E-state index contributed by atoms with van der Waals surface area (Å²) >= 11 is 0. The van der Waals surface area contributed by atoms with Crippen LogP contribution in [0.2, 0.25) is 0 Å². The molecule has 51 heavy (non-hydrogen) atoms. The highest BCUT2D eigenvalue weighted by molar-refractivity contribution is 7.91. The molecule has 268 valence electrons. The molecule has 7 rings (SSSR count). The molecule has 2 aromatic heterocycles. The molecule has 1 aromatic carbocycles. The van der Waals surface area contributed by atoms with E-state index in [1.165, 1.54) is 24.5 Å². The van der Waals surface area contributed by atoms with Gasteiger partial charge in [-0.1, -0.05) is 37.5 Å². The number of nitrogens with zero attached hydrogens (tertiary/aromatic N) is 5. The van der Waals surface area contributed by atoms with E-state index in [1.807, 2.05) is 15.7 Å². The van der Waals surface area contributed by atoms with Gasteiger partial charge in [0.05, 0.1) is 40.0 Å². The Morgan fingerprint density at radius 3 is 2.25 bits per heavy atom. The average Bonchev–Trinajstić information content (AvgIpc) is 3.08. The molecule has 4 aliphatic rings. The van der Waals surface area contributed by atoms with Gasteiger partial charge in [-0.25, -0.2) is 31.6 Å². The number of benzene rings is 1. The molecule has 1 atom stereocenters. The van der Waals surface area contributed by atoms with E-state index in [9.17, 15) is 18.5 Å². The first-order chi connectivity index (χ1) is 23.9. The van der Waals surface area contributed by atoms with Crippen LogP contribution in [-0.2, 0) is 26.5 Å². The Balaban J connectivity index is 1.51. The molecular formula is C34H45B4F3N6O3S. The number of aromatic nitrogens is 3. The smallest absolute Gasteiger partial charge is 0.278 e. The first kappa shape index (κ1) is 37.5. The van der Waals surface area contributed by atoms with Crippen LogP contribution in [0.25, 0.3) is 11.0 Å². The molecule has 0 aliphatic carbocycles. The van der Waals surface area contributed by atoms with Gasteiger partial charge >= 0.3 is 0 Å². The zero-order chi connectivity index (χ0) is 37.0. The third-order valence-electron chi connectivity index (χ3n) is 12.0. The normalized spacial score (nSPS) is 27.1. The third kappa shape index (κ3) is 6.99. The zero-order valence-corrected chi connectivity index (χ0v) is 31.1. The Labute approximate surface area is 301 Å². The van der Waals surface area contributed by atoms with E-state index in [0.717, 1.165) is 25.7 Å². The number of halogens is 3. The fourth-order valence-electron chi connectivity index (χ4n) is 8.52. The maximum absolute atomic E-state index is 16.3. The quantitative estimate of drug-likeness (QED) is 0.378. The van der Waals surface area contributed by atoms with Crippen molar-refractivity contribution in [3.05, 3.63) is 63.5 Å². The number of sulfone groups is 1. The van der Waals surface area contributed by atoms with Crippen LogP contribution in [0.1, 0.15) is 87.4 Å². The van der Waals surface area contributed by atoms with Crippen LogP contribution in [-0.4, -0.2) is 89.2 Å². The van der Waals surface area contributed by atoms with Crippen LogP contribution in [0.4, 0.5) is 19.0 Å². The minimum atomic E-state index is -3.37. The second-order valence-electron chi connectivity index (χ2n) is 16.1. The zero-order valence-electron chi connectivity index (χ0n) is 30.2. The van der Waals surface area contributed by atoms with Gasteiger partial charge in [0, 0.05) is 17.0 Å². The van der Waals surface area contributed by atoms with E-state index in [0.29, 0.717) is 30.5 Å². The van der Waals surface area contributed by atoms with Gasteiger partial charge in [-0.2, -0.15) is 5.26 Å². The van der Waals surface area contributed by atoms with Gasteiger partial charge in [-0.15, -0.1) is 0 Å². The van der Waals surface area contributed by atoms with Crippen molar-refractivity contribution in [3.8, 4) is 6.07 Å². The summed E-state index contributed by atoms with van der Waals surface area (Å²) in [6.07, 6.45) is 5.89. The van der Waals surface area contributed by atoms with Gasteiger partial charge in [0.1, 0.15) is 64.8 Å². The molecule has 9 nitrogen and oxygen atoms in total. The Morgan fingerprint density at radius 1 is 0.961 bits per heavy atom. The van der Waals surface area contributed by atoms with Crippen molar-refractivity contribution in [3.63, 3.8) is 0 Å². The number of pyridine rings is 1. The summed E-state index contributed by atoms with van der Waals surface area (Å²) in [7, 11) is 4.87. The highest BCUT2D eigenvalue weighted by Gasteiger charge is 2.47. The molecule has 0 spiro atoms. The van der Waals surface area contributed by atoms with Crippen LogP contribution < -0.4 is 10.9 Å². The second-order valence-corrected chi connectivity index (χ2v) is 18.5. The van der Waals surface area contributed by atoms with Gasteiger partial charge in [-0.3, -0.25) is 4.79 Å². The Kier molecular flexibility index (Phi) is 10.0. The van der Waals surface area contributed by atoms with Crippen LogP contribution in [0.15, 0.2) is 35.4 Å². The predicted molar refractivity (Wildman–Crippen MR) is 204 cm³/mol. The summed E-state index contributed by atoms with van der Waals surface area (Å²) in [6.45, 7) is 2.69. The van der Waals surface area contributed by atoms with Crippen LogP contribution in [0.5, 0.6) is 0 Å². The van der Waals surface area contributed by atoms with E-state index < -0.39 is 55.4 Å². The average molecular weight is 718 g/mol. The molecule has 0 radical (unpaired) electrons. The maximum Gasteiger partial charge on any atom is 0.278 e. The molecular weight excluding hydrogens is 673 g/mol. The van der Waals surface area contributed by atoms with Crippen LogP contribution in [0.3, 0.4) is 0 Å². The molecule has 1 N–H and O–H groups in total. The molecule has 0 amide bonds. The molecule has 2 saturated heterocycles. The summed E-state index contributed by atoms with van der Waals surface area (Å²) in [4.78, 5) is 25.9. The van der Waals surface area contributed by atoms with Crippen molar-refractivity contribution in [1.29, 1.82) is 5.26 Å². The number of fused-ring (bicyclic) bond motifs is 9. The van der Waals surface area contributed by atoms with Crippen molar-refractivity contribution >= 4 is 58.1 Å². The van der Waals surface area contributed by atoms with Gasteiger partial charge in [-0.05, 0) is 75.3 Å². The van der Waals surface area contributed by atoms with Crippen LogP contribution in [0, 0.1) is 23.1 Å². The number of piperidine rings is 1. The Morgan fingerprint density at radius 2 is 1.61 bits per heavy atom. The first-order valence-electron chi connectivity index (χ1n) is 18.1. The van der Waals surface area contributed by atoms with Crippen LogP contribution >= 0.6 is 0 Å². The van der Waals surface area contributed by atoms with E-state index in [-0.39, 0.29) is 59.5 Å². The molecule has 2 fully saturated rings. The number of alkyl halides is 2. The van der Waals surface area contributed by atoms with Crippen molar-refractivity contribution in [2.75, 3.05) is 29.9 Å². The fraction of sp³-hybridized carbons (Fsp3) is 0.588. The first-order valence-corrected chi connectivity index (χ1v) is 20.0. The molecule has 0 unspecified atom stereocenters. The standard InChI is InChI=1S/C34H45B4F3N6O3S/c1-21-23-6-5-7-25(27(23)39)34(40,41)22-8-14-46(15-9-22)32(35,36)10-3-2-4-11-33(37,38)47-29-24(28(45-21)43-20-44-29)18-26(30(47)48)31(19-42)12-16-51(49,50)17-13-31/h5-7,18,20-22H,2-4,8-17,35-38H2,1H3,(H,43,44,45)/t21-/m1/s1. The summed E-state index contributed by atoms with van der Waals surface area (Å²) in [5, 5.41) is 13.2. The van der Waals surface area contributed by atoms with E-state index in [1.54, 1.807) is 17.6 Å². The largest absolute Gasteiger partial charge is 0.363 e. The topological polar surface area (TPSA) is 121 Å². The molecule has 3 aromatic rings. The number of anilines is 1. The van der Waals surface area contributed by atoms with Gasteiger partial charge in [0.2, 0.25) is 0 Å². The molecule has 4 aliphatic heterocycles. The maximum atomic E-state index is 16.3. The lowest BCUT2D eigenvalue weighted by atomic mass is 9.57. The lowest BCUT2D eigenvalue weighted by molar-refractivity contribution is -0.0903. The minimum absolute atomic E-state index is 0.0279. The summed E-state index contributed by atoms with van der Waals surface area (Å²) in [6, 6.07) is 7.17. The second kappa shape index (κ2) is 13.6. The Bertz CT molecular complexity index is 2020. The molecule has 6 heterocycles. The van der Waals surface area contributed by atoms with E-state index >= 15 is 13.2 Å². The predicted octanol–water partition coefficient (Wildman–Crippen LogP) is 1.64. The van der Waals surface area contributed by atoms with E-state index in [4.69, 9.17) is 0 Å². The third-order valence-corrected chi connectivity index (χ3v) is 13.6. The molecule has 8 bridgehead atoms. The highest BCUT2D eigenvalue weighted by atomic mass is 32.2. The molecule has 0 saturated carbocycles. The fourth-order valence-corrected chi connectivity index (χ4v) is 10.0. The lowest BCUT2D eigenvalue weighted by Crippen LogP contribution is -2.54. The van der Waals surface area contributed by atoms with Gasteiger partial charge in [0.15, 0.2) is 0 Å². The highest BCUT2D eigenvalue weighted by Crippen LogP contribution is 2.45. The number of hydrogen-bond acceptors (Lipinski definition) is 8. The number of rotatable bonds is 1. The SMILES string of the molecule is BC1(B)CCCCCC(B)(B)n2c(=O)c(C3(C#N)CCS(=O)(=O)CC3)cc3c(ncnc32)N[C@H](C)c2cccc(c2F)C(F)(F)C2CCN1CC2. The number of hydrogen-bond donors (Lipinski definition) is 1. The lowest BCUT2D eigenvalue weighted by Gasteiger charge is -2.45. The van der Waals surface area contributed by atoms with Crippen molar-refractivity contribution in [2.45, 2.75) is 92.8 Å². The van der Waals surface area contributed by atoms with E-state index in [2.05, 4.69) is 41.9 Å². The summed E-state index contributed by atoms with van der Waals surface area (Å²) in [5.74, 6) is -5.52. The van der Waals surface area contributed by atoms with Crippen molar-refractivity contribution in [1.82, 2.24) is 19.4 Å². The Hall–Kier alpha value is -3.24. The van der Waals surface area contributed by atoms with Crippen molar-refractivity contribution in [2.24, 2.45) is 5.92 Å². The number of nitriles is 1. The van der Waals surface area contributed by atoms with Gasteiger partial charge < -0.3 is 14.8 Å². The summed E-state index contributed by atoms with van der Waals surface area (Å²) in [5.41, 5.74) is -1.86. The number of nitrogens with one attached hydrogen (secondary N) is 1.